The number of fused-ring (bicyclic) bond motifs is 2. The summed E-state index contributed by atoms with van der Waals surface area (Å²) in [6.07, 6.45) is 5.58. The Kier molecular flexibility index (Phi) is 9.97. The van der Waals surface area contributed by atoms with E-state index in [9.17, 15) is 22.6 Å². The fourth-order valence-corrected chi connectivity index (χ4v) is 5.98. The van der Waals surface area contributed by atoms with Gasteiger partial charge < -0.3 is 41.3 Å². The molecular formula is C32H35O13S-. The van der Waals surface area contributed by atoms with E-state index in [1.807, 2.05) is 0 Å². The van der Waals surface area contributed by atoms with Crippen LogP contribution in [0.15, 0.2) is 33.1 Å². The zero-order chi connectivity index (χ0) is 33.0. The van der Waals surface area contributed by atoms with Gasteiger partial charge in [0.25, 0.3) is 10.4 Å². The number of benzene rings is 2. The van der Waals surface area contributed by atoms with Crippen LogP contribution in [0.1, 0.15) is 78.2 Å². The molecule has 1 aliphatic rings. The van der Waals surface area contributed by atoms with Gasteiger partial charge in [-0.2, -0.15) is 0 Å². The highest BCUT2D eigenvalue weighted by atomic mass is 32.3. The van der Waals surface area contributed by atoms with Crippen LogP contribution in [-0.4, -0.2) is 51.8 Å². The molecule has 13 nitrogen and oxygen atoms in total. The summed E-state index contributed by atoms with van der Waals surface area (Å²) in [7, 11) is -3.92. The van der Waals surface area contributed by atoms with Gasteiger partial charge in [0.05, 0.1) is 26.9 Å². The molecule has 0 saturated heterocycles. The van der Waals surface area contributed by atoms with Gasteiger partial charge in [-0.25, -0.2) is 18.0 Å². The Morgan fingerprint density at radius 1 is 0.826 bits per heavy atom. The molecule has 0 aliphatic heterocycles. The van der Waals surface area contributed by atoms with Crippen molar-refractivity contribution in [3.63, 3.8) is 0 Å². The number of rotatable bonds is 13. The molecule has 0 atom stereocenters. The molecule has 1 fully saturated rings. The molecule has 2 heterocycles. The summed E-state index contributed by atoms with van der Waals surface area (Å²) in [4.78, 5) is 25.9. The quantitative estimate of drug-likeness (QED) is 0.0899. The highest BCUT2D eigenvalue weighted by molar-refractivity contribution is 7.81. The first-order valence-electron chi connectivity index (χ1n) is 15.0. The molecule has 0 bridgehead atoms. The molecule has 0 amide bonds. The van der Waals surface area contributed by atoms with Gasteiger partial charge in [0.2, 0.25) is 0 Å². The minimum atomic E-state index is -5.17. The van der Waals surface area contributed by atoms with Crippen LogP contribution in [0, 0.1) is 12.8 Å². The zero-order valence-electron chi connectivity index (χ0n) is 26.0. The van der Waals surface area contributed by atoms with Crippen LogP contribution in [0.4, 0.5) is 0 Å². The summed E-state index contributed by atoms with van der Waals surface area (Å²) in [5.41, 5.74) is 0.720. The van der Waals surface area contributed by atoms with E-state index in [1.54, 1.807) is 32.9 Å². The summed E-state index contributed by atoms with van der Waals surface area (Å²) in [6.45, 7) is 5.36. The second-order valence-corrected chi connectivity index (χ2v) is 11.7. The number of ether oxygens (including phenoxy) is 5. The van der Waals surface area contributed by atoms with E-state index in [0.717, 1.165) is 31.7 Å². The van der Waals surface area contributed by atoms with Crippen LogP contribution < -0.4 is 18.4 Å². The molecule has 2 aromatic carbocycles. The average molecular weight is 660 g/mol. The first-order chi connectivity index (χ1) is 22.0. The molecule has 248 valence electrons. The van der Waals surface area contributed by atoms with Gasteiger partial charge in [-0.05, 0) is 51.7 Å². The van der Waals surface area contributed by atoms with Crippen molar-refractivity contribution in [2.24, 2.45) is 5.92 Å². The number of furan rings is 2. The number of carbonyl (C=O) groups excluding carboxylic acids is 2. The molecule has 4 aromatic rings. The molecule has 0 N–H and O–H groups in total. The maximum atomic E-state index is 13.1. The maximum Gasteiger partial charge on any atom is 0.342 e. The zero-order valence-corrected chi connectivity index (χ0v) is 26.8. The molecular weight excluding hydrogens is 624 g/mol. The monoisotopic (exact) mass is 659 g/mol. The standard InChI is InChI=1S/C32H36O13S/c1-5-39-31(33)29-18(3)43-22-15-26(41-16-19-10-8-7-9-11-19)25(12-20(22)29)42-17-28-30(32(34)40-6-2)21-13-27(45-46(35,36)37)24(38-4)14-23(21)44-28/h12-15,19H,5-11,16-17H2,1-4H3,(H,35,36,37)/p-1. The van der Waals surface area contributed by atoms with Crippen molar-refractivity contribution in [2.75, 3.05) is 26.9 Å². The predicted molar refractivity (Wildman–Crippen MR) is 162 cm³/mol. The van der Waals surface area contributed by atoms with Crippen molar-refractivity contribution >= 4 is 44.3 Å². The van der Waals surface area contributed by atoms with Crippen LogP contribution in [-0.2, 0) is 26.5 Å². The van der Waals surface area contributed by atoms with E-state index in [1.165, 1.54) is 19.6 Å². The van der Waals surface area contributed by atoms with Crippen LogP contribution in [0.2, 0.25) is 0 Å². The molecule has 46 heavy (non-hydrogen) atoms. The highest BCUT2D eigenvalue weighted by Crippen LogP contribution is 2.41. The maximum absolute atomic E-state index is 13.1. The second kappa shape index (κ2) is 13.9. The van der Waals surface area contributed by atoms with Crippen molar-refractivity contribution in [1.82, 2.24) is 0 Å². The highest BCUT2D eigenvalue weighted by Gasteiger charge is 2.27. The third-order valence-corrected chi connectivity index (χ3v) is 8.07. The normalized spacial score (nSPS) is 13.9. The van der Waals surface area contributed by atoms with Gasteiger partial charge in [-0.15, -0.1) is 0 Å². The third-order valence-electron chi connectivity index (χ3n) is 7.69. The predicted octanol–water partition coefficient (Wildman–Crippen LogP) is 6.23. The van der Waals surface area contributed by atoms with Gasteiger partial charge in [0.1, 0.15) is 34.7 Å². The number of hydrogen-bond donors (Lipinski definition) is 0. The van der Waals surface area contributed by atoms with E-state index in [0.29, 0.717) is 35.0 Å². The molecule has 0 spiro atoms. The summed E-state index contributed by atoms with van der Waals surface area (Å²) < 4.78 is 78.6. The van der Waals surface area contributed by atoms with Crippen molar-refractivity contribution in [3.8, 4) is 23.0 Å². The van der Waals surface area contributed by atoms with Gasteiger partial charge >= 0.3 is 11.9 Å². The van der Waals surface area contributed by atoms with Crippen LogP contribution in [0.3, 0.4) is 0 Å². The lowest BCUT2D eigenvalue weighted by Gasteiger charge is -2.22. The number of methoxy groups -OCH3 is 1. The van der Waals surface area contributed by atoms with Gasteiger partial charge in [-0.1, -0.05) is 19.3 Å². The van der Waals surface area contributed by atoms with Crippen LogP contribution >= 0.6 is 0 Å². The topological polar surface area (TPSA) is 173 Å². The first-order valence-corrected chi connectivity index (χ1v) is 16.3. The van der Waals surface area contributed by atoms with Crippen LogP contribution in [0.25, 0.3) is 21.9 Å². The smallest absolute Gasteiger partial charge is 0.342 e. The Hall–Kier alpha value is -4.43. The van der Waals surface area contributed by atoms with Crippen molar-refractivity contribution in [1.29, 1.82) is 0 Å². The van der Waals surface area contributed by atoms with Gasteiger partial charge in [0.15, 0.2) is 28.8 Å². The summed E-state index contributed by atoms with van der Waals surface area (Å²) in [6, 6.07) is 5.71. The summed E-state index contributed by atoms with van der Waals surface area (Å²) >= 11 is 0. The molecule has 0 radical (unpaired) electrons. The minimum Gasteiger partial charge on any atom is -0.716 e. The van der Waals surface area contributed by atoms with E-state index < -0.39 is 28.1 Å². The van der Waals surface area contributed by atoms with Crippen LogP contribution in [0.5, 0.6) is 23.0 Å². The molecule has 2 aromatic heterocycles. The van der Waals surface area contributed by atoms with Crippen molar-refractivity contribution in [3.05, 3.63) is 46.9 Å². The molecule has 5 rings (SSSR count). The summed E-state index contributed by atoms with van der Waals surface area (Å²) in [5.74, 6) is -0.472. The fourth-order valence-electron chi connectivity index (χ4n) is 5.63. The molecule has 1 aliphatic carbocycles. The largest absolute Gasteiger partial charge is 0.716 e. The number of carbonyl (C=O) groups is 2. The SMILES string of the molecule is CCOC(=O)c1c(C)oc2cc(OCC3CCCCC3)c(OCc3oc4cc(OC)c(OS(=O)(=O)[O-])cc4c3C(=O)OCC)cc12. The Bertz CT molecular complexity index is 1840. The molecule has 1 saturated carbocycles. The lowest BCUT2D eigenvalue weighted by atomic mass is 9.90. The lowest BCUT2D eigenvalue weighted by Crippen LogP contribution is -2.15. The Morgan fingerprint density at radius 3 is 2.07 bits per heavy atom. The van der Waals surface area contributed by atoms with E-state index in [4.69, 9.17) is 32.5 Å². The van der Waals surface area contributed by atoms with Crippen molar-refractivity contribution in [2.45, 2.75) is 59.5 Å². The Morgan fingerprint density at radius 2 is 1.41 bits per heavy atom. The Labute approximate surface area is 265 Å². The van der Waals surface area contributed by atoms with Crippen molar-refractivity contribution < 1.29 is 59.3 Å². The minimum absolute atomic E-state index is 0.0324. The second-order valence-electron chi connectivity index (χ2n) is 10.8. The van der Waals surface area contributed by atoms with E-state index >= 15 is 0 Å². The first kappa shape index (κ1) is 32.9. The number of esters is 2. The number of aryl methyl sites for hydroxylation is 1. The Balaban J connectivity index is 1.56. The van der Waals surface area contributed by atoms with E-state index in [2.05, 4.69) is 4.18 Å². The van der Waals surface area contributed by atoms with E-state index in [-0.39, 0.29) is 59.2 Å². The third kappa shape index (κ3) is 7.18. The lowest BCUT2D eigenvalue weighted by molar-refractivity contribution is 0.0514. The van der Waals surface area contributed by atoms with Gasteiger partial charge in [-0.3, -0.25) is 0 Å². The average Bonchev–Trinajstić information content (AvgIpc) is 3.53. The number of hydrogen-bond acceptors (Lipinski definition) is 13. The molecule has 0 unspecified atom stereocenters. The fraction of sp³-hybridized carbons (Fsp3) is 0.438. The van der Waals surface area contributed by atoms with Gasteiger partial charge in [0, 0.05) is 22.9 Å². The molecule has 14 heteroatoms. The summed E-state index contributed by atoms with van der Waals surface area (Å²) in [5, 5.41) is 0.562.